The number of aliphatic carboxylic acids is 1. The highest BCUT2D eigenvalue weighted by molar-refractivity contribution is 7.80. The zero-order valence-electron chi connectivity index (χ0n) is 8.07. The van der Waals surface area contributed by atoms with E-state index in [0.29, 0.717) is 0 Å². The summed E-state index contributed by atoms with van der Waals surface area (Å²) in [5.74, 6) is -1.75. The average Bonchev–Trinajstić information content (AvgIpc) is 2.16. The summed E-state index contributed by atoms with van der Waals surface area (Å²) in [5, 5.41) is 36.1. The van der Waals surface area contributed by atoms with Gasteiger partial charge in [0, 0.05) is 0 Å². The Labute approximate surface area is 95.0 Å². The van der Waals surface area contributed by atoms with Crippen LogP contribution in [-0.4, -0.2) is 70.1 Å². The van der Waals surface area contributed by atoms with Crippen molar-refractivity contribution in [1.29, 1.82) is 0 Å². The molecule has 0 aromatic heterocycles. The molecule has 1 aliphatic heterocycles. The van der Waals surface area contributed by atoms with E-state index in [9.17, 15) is 18.3 Å². The molecule has 1 saturated heterocycles. The Morgan fingerprint density at radius 2 is 1.71 bits per heavy atom. The lowest BCUT2D eigenvalue weighted by atomic mass is 9.99. The second-order valence-corrected chi connectivity index (χ2v) is 4.30. The van der Waals surface area contributed by atoms with Gasteiger partial charge in [-0.1, -0.05) is 0 Å². The number of hydrogen-bond donors (Lipinski definition) is 5. The zero-order chi connectivity index (χ0) is 13.4. The highest BCUT2D eigenvalue weighted by Gasteiger charge is 2.49. The largest absolute Gasteiger partial charge is 0.479 e. The first-order valence-corrected chi connectivity index (χ1v) is 5.58. The van der Waals surface area contributed by atoms with E-state index in [1.807, 2.05) is 0 Å². The fraction of sp³-hybridized carbons (Fsp3) is 0.833. The van der Waals surface area contributed by atoms with Crippen molar-refractivity contribution in [2.45, 2.75) is 30.7 Å². The molecular weight excluding hydrogens is 264 g/mol. The summed E-state index contributed by atoms with van der Waals surface area (Å²) in [6.07, 6.45) is -10.2. The molecule has 11 heteroatoms. The van der Waals surface area contributed by atoms with Gasteiger partial charge in [0.1, 0.15) is 18.3 Å². The number of ether oxygens (including phenoxy) is 1. The minimum absolute atomic E-state index is 1.75. The van der Waals surface area contributed by atoms with Gasteiger partial charge in [-0.2, -0.15) is 8.42 Å². The van der Waals surface area contributed by atoms with Crippen LogP contribution in [-0.2, 0) is 24.1 Å². The number of aliphatic hydroxyl groups is 3. The van der Waals surface area contributed by atoms with E-state index in [-0.39, 0.29) is 0 Å². The van der Waals surface area contributed by atoms with Crippen LogP contribution in [0.4, 0.5) is 0 Å². The highest BCUT2D eigenvalue weighted by Crippen LogP contribution is 2.23. The molecule has 10 nitrogen and oxygen atoms in total. The molecule has 0 radical (unpaired) electrons. The predicted octanol–water partition coefficient (Wildman–Crippen LogP) is -3.30. The first kappa shape index (κ1) is 14.2. The molecule has 0 bridgehead atoms. The molecule has 1 aliphatic rings. The summed E-state index contributed by atoms with van der Waals surface area (Å²) in [6.45, 7) is 0. The molecular formula is C6H10O10S. The van der Waals surface area contributed by atoms with Crippen LogP contribution in [0.25, 0.3) is 0 Å². The molecule has 1 unspecified atom stereocenters. The summed E-state index contributed by atoms with van der Waals surface area (Å²) in [5.41, 5.74) is 0. The Bertz CT molecular complexity index is 390. The van der Waals surface area contributed by atoms with Crippen LogP contribution >= 0.6 is 0 Å². The van der Waals surface area contributed by atoms with Crippen molar-refractivity contribution in [2.24, 2.45) is 0 Å². The van der Waals surface area contributed by atoms with Gasteiger partial charge in [0.05, 0.1) is 0 Å². The molecule has 0 saturated carbocycles. The van der Waals surface area contributed by atoms with Gasteiger partial charge in [-0.15, -0.1) is 0 Å². The first-order chi connectivity index (χ1) is 7.63. The number of carbonyl (C=O) groups is 1. The number of aliphatic hydroxyl groups excluding tert-OH is 3. The van der Waals surface area contributed by atoms with Gasteiger partial charge in [-0.3, -0.25) is 4.55 Å². The van der Waals surface area contributed by atoms with Crippen molar-refractivity contribution in [3.05, 3.63) is 0 Å². The Hall–Kier alpha value is -0.820. The van der Waals surface area contributed by atoms with Gasteiger partial charge in [-0.25, -0.2) is 8.98 Å². The standard InChI is InChI=1S/C6H10O10S/c7-1-2(8)6(11)15-4(5(9)10)3(1)16-17(12,13)14/h1-4,6-8,11H,(H,9,10)(H,12,13,14)/t1-,2-,3+,4+,6?/m1/s1. The molecule has 0 amide bonds. The topological polar surface area (TPSA) is 171 Å². The zero-order valence-corrected chi connectivity index (χ0v) is 8.89. The van der Waals surface area contributed by atoms with E-state index >= 15 is 0 Å². The maximum atomic E-state index is 10.7. The van der Waals surface area contributed by atoms with Crippen molar-refractivity contribution in [2.75, 3.05) is 0 Å². The lowest BCUT2D eigenvalue weighted by Gasteiger charge is -2.37. The van der Waals surface area contributed by atoms with Gasteiger partial charge in [-0.05, 0) is 0 Å². The second kappa shape index (κ2) is 4.81. The van der Waals surface area contributed by atoms with E-state index in [2.05, 4.69) is 8.92 Å². The highest BCUT2D eigenvalue weighted by atomic mass is 32.3. The van der Waals surface area contributed by atoms with E-state index < -0.39 is 47.1 Å². The lowest BCUT2D eigenvalue weighted by Crippen LogP contribution is -2.60. The van der Waals surface area contributed by atoms with E-state index in [1.54, 1.807) is 0 Å². The van der Waals surface area contributed by atoms with Crippen LogP contribution in [0.3, 0.4) is 0 Å². The van der Waals surface area contributed by atoms with Crippen LogP contribution in [0, 0.1) is 0 Å². The fourth-order valence-electron chi connectivity index (χ4n) is 1.30. The van der Waals surface area contributed by atoms with Gasteiger partial charge in [0.15, 0.2) is 12.4 Å². The Kier molecular flexibility index (Phi) is 4.03. The number of rotatable bonds is 3. The number of hydrogen-bond acceptors (Lipinski definition) is 8. The second-order valence-electron chi connectivity index (χ2n) is 3.26. The number of carboxylic acids is 1. The average molecular weight is 274 g/mol. The third-order valence-corrected chi connectivity index (χ3v) is 2.50. The Morgan fingerprint density at radius 3 is 2.12 bits per heavy atom. The smallest absolute Gasteiger partial charge is 0.397 e. The number of carboxylic acid groups (broad SMARTS) is 1. The molecule has 1 rings (SSSR count). The van der Waals surface area contributed by atoms with E-state index in [0.717, 1.165) is 0 Å². The summed E-state index contributed by atoms with van der Waals surface area (Å²) in [4.78, 5) is 10.7. The maximum Gasteiger partial charge on any atom is 0.397 e. The monoisotopic (exact) mass is 274 g/mol. The Balaban J connectivity index is 2.98. The van der Waals surface area contributed by atoms with Crippen LogP contribution in [0.5, 0.6) is 0 Å². The van der Waals surface area contributed by atoms with Crippen LogP contribution < -0.4 is 0 Å². The first-order valence-electron chi connectivity index (χ1n) is 4.21. The lowest BCUT2D eigenvalue weighted by molar-refractivity contribution is -0.275. The van der Waals surface area contributed by atoms with Gasteiger partial charge in [0.25, 0.3) is 0 Å². The van der Waals surface area contributed by atoms with Crippen molar-refractivity contribution in [3.63, 3.8) is 0 Å². The summed E-state index contributed by atoms with van der Waals surface area (Å²) >= 11 is 0. The molecule has 0 aromatic carbocycles. The maximum absolute atomic E-state index is 10.7. The molecule has 1 fully saturated rings. The van der Waals surface area contributed by atoms with Crippen LogP contribution in [0.2, 0.25) is 0 Å². The van der Waals surface area contributed by atoms with Crippen LogP contribution in [0.15, 0.2) is 0 Å². The predicted molar refractivity (Wildman–Crippen MR) is 47.0 cm³/mol. The molecule has 5 atom stereocenters. The SMILES string of the molecule is O=C(O)[C@H]1OC(O)[C@H](O)[C@@H](O)[C@@H]1OS(=O)(=O)O. The van der Waals surface area contributed by atoms with Crippen LogP contribution in [0.1, 0.15) is 0 Å². The molecule has 100 valence electrons. The minimum Gasteiger partial charge on any atom is -0.479 e. The van der Waals surface area contributed by atoms with Crippen molar-refractivity contribution in [1.82, 2.24) is 0 Å². The third-order valence-electron chi connectivity index (χ3n) is 2.04. The summed E-state index contributed by atoms with van der Waals surface area (Å²) in [7, 11) is -5.06. The molecule has 0 aromatic rings. The van der Waals surface area contributed by atoms with Crippen molar-refractivity contribution in [3.8, 4) is 0 Å². The fourth-order valence-corrected chi connectivity index (χ4v) is 1.79. The normalized spacial score (nSPS) is 38.9. The van der Waals surface area contributed by atoms with Crippen molar-refractivity contribution < 1.29 is 47.1 Å². The summed E-state index contributed by atoms with van der Waals surface area (Å²) in [6, 6.07) is 0. The van der Waals surface area contributed by atoms with Gasteiger partial charge >= 0.3 is 16.4 Å². The molecule has 0 aliphatic carbocycles. The molecule has 17 heavy (non-hydrogen) atoms. The molecule has 5 N–H and O–H groups in total. The molecule has 0 spiro atoms. The van der Waals surface area contributed by atoms with E-state index in [1.165, 1.54) is 0 Å². The van der Waals surface area contributed by atoms with Gasteiger partial charge < -0.3 is 25.2 Å². The quantitative estimate of drug-likeness (QED) is 0.328. The van der Waals surface area contributed by atoms with Gasteiger partial charge in [0.2, 0.25) is 0 Å². The Morgan fingerprint density at radius 1 is 1.18 bits per heavy atom. The minimum atomic E-state index is -5.06. The molecule has 1 heterocycles. The summed E-state index contributed by atoms with van der Waals surface area (Å²) < 4.78 is 37.5. The van der Waals surface area contributed by atoms with E-state index in [4.69, 9.17) is 19.9 Å². The van der Waals surface area contributed by atoms with Crippen molar-refractivity contribution >= 4 is 16.4 Å². The third kappa shape index (κ3) is 3.32.